The second-order valence-electron chi connectivity index (χ2n) is 11.7. The molecular weight excluding hydrogens is 628 g/mol. The number of carbonyl (C=O) groups excluding carboxylic acids is 2. The van der Waals surface area contributed by atoms with Crippen LogP contribution in [0.15, 0.2) is 72.8 Å². The van der Waals surface area contributed by atoms with Crippen LogP contribution in [0.2, 0.25) is 10.0 Å². The van der Waals surface area contributed by atoms with Crippen molar-refractivity contribution in [2.75, 3.05) is 6.54 Å². The summed E-state index contributed by atoms with van der Waals surface area (Å²) in [5, 5.41) is 0.967. The van der Waals surface area contributed by atoms with Crippen molar-refractivity contribution in [3.63, 3.8) is 0 Å². The molecule has 0 radical (unpaired) electrons. The van der Waals surface area contributed by atoms with Gasteiger partial charge in [-0.15, -0.1) is 0 Å². The molecule has 2 aliphatic carbocycles. The Balaban J connectivity index is 1.40. The number of ether oxygens (including phenoxy) is 1. The van der Waals surface area contributed by atoms with Gasteiger partial charge in [-0.1, -0.05) is 65.7 Å². The van der Waals surface area contributed by atoms with Gasteiger partial charge in [-0.2, -0.15) is 0 Å². The minimum absolute atomic E-state index is 0.00703. The van der Waals surface area contributed by atoms with Gasteiger partial charge in [0.05, 0.1) is 12.5 Å². The Bertz CT molecular complexity index is 1680. The first-order valence-corrected chi connectivity index (χ1v) is 16.8. The maximum Gasteiger partial charge on any atom is 0.253 e. The molecule has 0 aromatic heterocycles. The number of nitrogens with zero attached hydrogens (tertiary/aromatic N) is 1. The Morgan fingerprint density at radius 1 is 1.02 bits per heavy atom. The SMILES string of the molecule is NC(=O)C[C@@H]1O[C@H](c2cccc(Cl)c2)[C@@H](c2ccc(Cl)cc2)N([C@H](CNS(=O)(=O)C2(c3ccccc3F)CC2)C2CC2)C1=O. The van der Waals surface area contributed by atoms with Crippen LogP contribution in [-0.2, 0) is 29.1 Å². The summed E-state index contributed by atoms with van der Waals surface area (Å²) in [6, 6.07) is 18.7. The van der Waals surface area contributed by atoms with Crippen LogP contribution in [0.3, 0.4) is 0 Å². The number of primary amides is 1. The van der Waals surface area contributed by atoms with Crippen LogP contribution in [-0.4, -0.2) is 43.8 Å². The zero-order chi connectivity index (χ0) is 31.2. The average Bonchev–Trinajstić information content (AvgIpc) is 3.90. The van der Waals surface area contributed by atoms with Crippen molar-refractivity contribution in [3.8, 4) is 0 Å². The van der Waals surface area contributed by atoms with Crippen molar-refractivity contribution < 1.29 is 27.1 Å². The van der Waals surface area contributed by atoms with Gasteiger partial charge in [0.25, 0.3) is 5.91 Å². The molecule has 3 aliphatic rings. The Hall–Kier alpha value is -3.02. The summed E-state index contributed by atoms with van der Waals surface area (Å²) in [7, 11) is -4.04. The predicted molar refractivity (Wildman–Crippen MR) is 165 cm³/mol. The highest BCUT2D eigenvalue weighted by Crippen LogP contribution is 2.53. The van der Waals surface area contributed by atoms with Gasteiger partial charge in [0.15, 0.2) is 0 Å². The van der Waals surface area contributed by atoms with Crippen molar-refractivity contribution in [1.29, 1.82) is 0 Å². The molecule has 1 heterocycles. The Kier molecular flexibility index (Phi) is 8.49. The second-order valence-corrected chi connectivity index (χ2v) is 14.7. The minimum Gasteiger partial charge on any atom is -0.370 e. The fraction of sp³-hybridized carbons (Fsp3) is 0.375. The molecule has 2 saturated carbocycles. The number of hydrogen-bond acceptors (Lipinski definition) is 5. The first-order chi connectivity index (χ1) is 21.0. The van der Waals surface area contributed by atoms with Crippen molar-refractivity contribution in [1.82, 2.24) is 9.62 Å². The molecule has 0 bridgehead atoms. The molecule has 6 rings (SSSR count). The fourth-order valence-corrected chi connectivity index (χ4v) is 8.41. The zero-order valence-corrected chi connectivity index (χ0v) is 26.0. The number of benzene rings is 3. The smallest absolute Gasteiger partial charge is 0.253 e. The molecular formula is C32H32Cl2FN3O5S. The van der Waals surface area contributed by atoms with Gasteiger partial charge >= 0.3 is 0 Å². The Morgan fingerprint density at radius 2 is 1.73 bits per heavy atom. The molecule has 12 heteroatoms. The van der Waals surface area contributed by atoms with Gasteiger partial charge in [-0.25, -0.2) is 17.5 Å². The molecule has 2 amide bonds. The molecule has 3 fully saturated rings. The monoisotopic (exact) mass is 659 g/mol. The first-order valence-electron chi connectivity index (χ1n) is 14.5. The van der Waals surface area contributed by atoms with E-state index in [1.165, 1.54) is 18.2 Å². The van der Waals surface area contributed by atoms with Crippen LogP contribution < -0.4 is 10.5 Å². The van der Waals surface area contributed by atoms with Crippen molar-refractivity contribution in [2.45, 2.75) is 61.1 Å². The van der Waals surface area contributed by atoms with Gasteiger partial charge in [0.2, 0.25) is 15.9 Å². The summed E-state index contributed by atoms with van der Waals surface area (Å²) in [4.78, 5) is 28.0. The van der Waals surface area contributed by atoms with Gasteiger partial charge in [0, 0.05) is 28.2 Å². The number of sulfonamides is 1. The van der Waals surface area contributed by atoms with E-state index in [2.05, 4.69) is 4.72 Å². The number of rotatable bonds is 11. The number of carbonyl (C=O) groups is 2. The average molecular weight is 661 g/mol. The van der Waals surface area contributed by atoms with Crippen LogP contribution in [0.4, 0.5) is 4.39 Å². The van der Waals surface area contributed by atoms with E-state index >= 15 is 0 Å². The van der Waals surface area contributed by atoms with Crippen molar-refractivity contribution in [2.24, 2.45) is 11.7 Å². The second kappa shape index (κ2) is 12.1. The molecule has 44 heavy (non-hydrogen) atoms. The molecule has 3 aromatic rings. The molecule has 1 aliphatic heterocycles. The van der Waals surface area contributed by atoms with Crippen LogP contribution in [0.1, 0.15) is 60.9 Å². The third kappa shape index (κ3) is 5.98. The standard InChI is InChI=1S/C32H32Cl2FN3O5S/c33-22-12-10-20(11-13-22)29-30(21-4-3-5-23(34)16-21)43-27(17-28(36)39)31(40)38(29)26(19-8-9-19)18-37-44(41,42)32(14-15-32)24-6-1-2-7-25(24)35/h1-7,10-13,16,19,26-27,29-30,37H,8-9,14-15,17-18H2,(H2,36,39)/t26-,27+,29-,30-/m1/s1. The number of amides is 2. The molecule has 232 valence electrons. The normalized spacial score (nSPS) is 23.8. The summed E-state index contributed by atoms with van der Waals surface area (Å²) in [6.07, 6.45) is -0.151. The number of nitrogens with one attached hydrogen (secondary N) is 1. The quantitative estimate of drug-likeness (QED) is 0.286. The van der Waals surface area contributed by atoms with E-state index in [9.17, 15) is 22.4 Å². The van der Waals surface area contributed by atoms with E-state index in [-0.39, 0.29) is 24.4 Å². The summed E-state index contributed by atoms with van der Waals surface area (Å²) in [6.45, 7) is -0.0927. The summed E-state index contributed by atoms with van der Waals surface area (Å²) >= 11 is 12.6. The van der Waals surface area contributed by atoms with Crippen LogP contribution >= 0.6 is 23.2 Å². The molecule has 8 nitrogen and oxygen atoms in total. The maximum absolute atomic E-state index is 14.8. The van der Waals surface area contributed by atoms with Crippen molar-refractivity contribution >= 4 is 45.0 Å². The van der Waals surface area contributed by atoms with Crippen LogP contribution in [0.25, 0.3) is 0 Å². The summed E-state index contributed by atoms with van der Waals surface area (Å²) < 4.78 is 50.1. The van der Waals surface area contributed by atoms with Gasteiger partial charge in [-0.3, -0.25) is 9.59 Å². The van der Waals surface area contributed by atoms with E-state index < -0.39 is 56.7 Å². The molecule has 3 aromatic carbocycles. The van der Waals surface area contributed by atoms with E-state index in [0.29, 0.717) is 34.0 Å². The zero-order valence-electron chi connectivity index (χ0n) is 23.7. The highest BCUT2D eigenvalue weighted by atomic mass is 35.5. The number of nitrogens with two attached hydrogens (primary N) is 1. The fourth-order valence-electron chi connectivity index (χ4n) is 6.32. The number of hydrogen-bond donors (Lipinski definition) is 2. The highest BCUT2D eigenvalue weighted by molar-refractivity contribution is 7.90. The maximum atomic E-state index is 14.8. The molecule has 3 N–H and O–H groups in total. The lowest BCUT2D eigenvalue weighted by Crippen LogP contribution is -2.58. The minimum atomic E-state index is -4.04. The highest BCUT2D eigenvalue weighted by Gasteiger charge is 2.58. The third-order valence-corrected chi connectivity index (χ3v) is 11.5. The Labute approximate surface area is 265 Å². The molecule has 1 saturated heterocycles. The van der Waals surface area contributed by atoms with Gasteiger partial charge < -0.3 is 15.4 Å². The predicted octanol–water partition coefficient (Wildman–Crippen LogP) is 5.41. The lowest BCUT2D eigenvalue weighted by atomic mass is 9.89. The number of halogens is 3. The largest absolute Gasteiger partial charge is 0.370 e. The molecule has 0 spiro atoms. The first kappa shape index (κ1) is 31.0. The summed E-state index contributed by atoms with van der Waals surface area (Å²) in [5.74, 6) is -1.75. The third-order valence-electron chi connectivity index (χ3n) is 8.79. The van der Waals surface area contributed by atoms with E-state index in [1.54, 1.807) is 53.4 Å². The van der Waals surface area contributed by atoms with E-state index in [4.69, 9.17) is 33.7 Å². The van der Waals surface area contributed by atoms with E-state index in [1.807, 2.05) is 6.07 Å². The lowest BCUT2D eigenvalue weighted by Gasteiger charge is -2.48. The number of morpholine rings is 1. The Morgan fingerprint density at radius 3 is 2.34 bits per heavy atom. The van der Waals surface area contributed by atoms with Crippen LogP contribution in [0, 0.1) is 11.7 Å². The van der Waals surface area contributed by atoms with Crippen molar-refractivity contribution in [3.05, 3.63) is 105 Å². The van der Waals surface area contributed by atoms with Gasteiger partial charge in [0.1, 0.15) is 22.8 Å². The van der Waals surface area contributed by atoms with E-state index in [0.717, 1.165) is 12.8 Å². The van der Waals surface area contributed by atoms with Crippen LogP contribution in [0.5, 0.6) is 0 Å². The molecule has 4 atom stereocenters. The summed E-state index contributed by atoms with van der Waals surface area (Å²) in [5.41, 5.74) is 7.07. The lowest BCUT2D eigenvalue weighted by molar-refractivity contribution is -0.181. The molecule has 0 unspecified atom stereocenters. The topological polar surface area (TPSA) is 119 Å². The van der Waals surface area contributed by atoms with Gasteiger partial charge in [-0.05, 0) is 73.1 Å².